The third-order valence-electron chi connectivity index (χ3n) is 3.57. The van der Waals surface area contributed by atoms with Gasteiger partial charge in [0.25, 0.3) is 0 Å². The lowest BCUT2D eigenvalue weighted by molar-refractivity contribution is 0.409. The molecule has 1 heterocycles. The molecule has 0 spiro atoms. The monoisotopic (exact) mass is 245 g/mol. The first-order chi connectivity index (χ1) is 8.81. The van der Waals surface area contributed by atoms with Crippen molar-refractivity contribution in [2.45, 2.75) is 38.8 Å². The Bertz CT molecular complexity index is 555. The van der Waals surface area contributed by atoms with Crippen molar-refractivity contribution >= 4 is 11.0 Å². The molecule has 96 valence electrons. The number of benzene rings is 1. The van der Waals surface area contributed by atoms with Crippen LogP contribution in [0.1, 0.15) is 30.9 Å². The van der Waals surface area contributed by atoms with Crippen molar-refractivity contribution < 1.29 is 9.15 Å². The molecule has 0 aliphatic heterocycles. The highest BCUT2D eigenvalue weighted by Crippen LogP contribution is 2.32. The predicted octanol–water partition coefficient (Wildman–Crippen LogP) is 3.26. The summed E-state index contributed by atoms with van der Waals surface area (Å²) in [6.07, 6.45) is 5.47. The lowest BCUT2D eigenvalue weighted by Crippen LogP contribution is -2.14. The molecule has 1 aromatic carbocycles. The van der Waals surface area contributed by atoms with Gasteiger partial charge < -0.3 is 14.5 Å². The van der Waals surface area contributed by atoms with Crippen LogP contribution in [0.25, 0.3) is 11.0 Å². The molecule has 18 heavy (non-hydrogen) atoms. The zero-order chi connectivity index (χ0) is 12.5. The van der Waals surface area contributed by atoms with E-state index in [0.29, 0.717) is 6.04 Å². The van der Waals surface area contributed by atoms with Crippen LogP contribution in [-0.2, 0) is 13.0 Å². The average Bonchev–Trinajstić information content (AvgIpc) is 3.15. The molecule has 0 amide bonds. The van der Waals surface area contributed by atoms with E-state index in [1.54, 1.807) is 7.11 Å². The molecule has 0 bridgehead atoms. The van der Waals surface area contributed by atoms with Gasteiger partial charge in [0, 0.05) is 23.5 Å². The van der Waals surface area contributed by atoms with Gasteiger partial charge in [-0.3, -0.25) is 0 Å². The fraction of sp³-hybridized carbons (Fsp3) is 0.467. The topological polar surface area (TPSA) is 34.4 Å². The largest absolute Gasteiger partial charge is 0.493 e. The highest BCUT2D eigenvalue weighted by Gasteiger charge is 2.21. The zero-order valence-electron chi connectivity index (χ0n) is 11.0. The lowest BCUT2D eigenvalue weighted by atomic mass is 10.1. The molecule has 1 fully saturated rings. The van der Waals surface area contributed by atoms with Gasteiger partial charge in [-0.2, -0.15) is 0 Å². The minimum atomic E-state index is 0.714. The summed E-state index contributed by atoms with van der Waals surface area (Å²) >= 11 is 0. The van der Waals surface area contributed by atoms with E-state index in [-0.39, 0.29) is 0 Å². The smallest absolute Gasteiger partial charge is 0.176 e. The van der Waals surface area contributed by atoms with Crippen LogP contribution in [0.5, 0.6) is 5.75 Å². The van der Waals surface area contributed by atoms with Crippen molar-refractivity contribution in [3.05, 3.63) is 29.5 Å². The number of furan rings is 1. The Kier molecular flexibility index (Phi) is 3.00. The number of methoxy groups -OCH3 is 1. The maximum absolute atomic E-state index is 5.66. The van der Waals surface area contributed by atoms with Gasteiger partial charge in [0.15, 0.2) is 11.3 Å². The van der Waals surface area contributed by atoms with Crippen LogP contribution in [0.4, 0.5) is 0 Å². The van der Waals surface area contributed by atoms with Gasteiger partial charge in [0.2, 0.25) is 0 Å². The van der Waals surface area contributed by atoms with Crippen molar-refractivity contribution in [3.8, 4) is 5.75 Å². The summed E-state index contributed by atoms with van der Waals surface area (Å²) in [5.41, 5.74) is 3.38. The number of hydrogen-bond donors (Lipinski definition) is 1. The number of fused-ring (bicyclic) bond motifs is 1. The SMILES string of the molecule is CCc1cc(OC)c2occ(CNC3CC3)c2c1. The third-order valence-corrected chi connectivity index (χ3v) is 3.57. The maximum Gasteiger partial charge on any atom is 0.176 e. The molecule has 3 nitrogen and oxygen atoms in total. The van der Waals surface area contributed by atoms with Gasteiger partial charge in [0.05, 0.1) is 13.4 Å². The second-order valence-corrected chi connectivity index (χ2v) is 4.94. The van der Waals surface area contributed by atoms with Gasteiger partial charge in [0.1, 0.15) is 0 Å². The summed E-state index contributed by atoms with van der Waals surface area (Å²) in [7, 11) is 1.69. The zero-order valence-corrected chi connectivity index (χ0v) is 11.0. The summed E-state index contributed by atoms with van der Waals surface area (Å²) < 4.78 is 11.1. The summed E-state index contributed by atoms with van der Waals surface area (Å²) in [4.78, 5) is 0. The first-order valence-electron chi connectivity index (χ1n) is 6.62. The molecule has 3 heteroatoms. The van der Waals surface area contributed by atoms with Crippen molar-refractivity contribution in [2.75, 3.05) is 7.11 Å². The molecule has 1 saturated carbocycles. The average molecular weight is 245 g/mol. The van der Waals surface area contributed by atoms with Crippen LogP contribution < -0.4 is 10.1 Å². The van der Waals surface area contributed by atoms with Crippen molar-refractivity contribution in [2.24, 2.45) is 0 Å². The van der Waals surface area contributed by atoms with Gasteiger partial charge in [-0.25, -0.2) is 0 Å². The maximum atomic E-state index is 5.66. The van der Waals surface area contributed by atoms with E-state index < -0.39 is 0 Å². The third kappa shape index (κ3) is 2.10. The number of ether oxygens (including phenoxy) is 1. The molecule has 1 aromatic heterocycles. The van der Waals surface area contributed by atoms with Crippen LogP contribution in [0, 0.1) is 0 Å². The molecule has 1 aliphatic rings. The number of nitrogens with one attached hydrogen (secondary N) is 1. The Hall–Kier alpha value is -1.48. The second kappa shape index (κ2) is 4.65. The van der Waals surface area contributed by atoms with Crippen LogP contribution in [0.15, 0.2) is 22.8 Å². The van der Waals surface area contributed by atoms with Crippen LogP contribution >= 0.6 is 0 Å². The Balaban J connectivity index is 1.98. The Morgan fingerprint density at radius 3 is 2.89 bits per heavy atom. The van der Waals surface area contributed by atoms with E-state index in [9.17, 15) is 0 Å². The molecule has 0 unspecified atom stereocenters. The van der Waals surface area contributed by atoms with E-state index >= 15 is 0 Å². The Morgan fingerprint density at radius 1 is 1.39 bits per heavy atom. The molecule has 0 atom stereocenters. The molecule has 0 radical (unpaired) electrons. The van der Waals surface area contributed by atoms with Crippen molar-refractivity contribution in [1.82, 2.24) is 5.32 Å². The highest BCUT2D eigenvalue weighted by atomic mass is 16.5. The fourth-order valence-electron chi connectivity index (χ4n) is 2.25. The number of rotatable bonds is 5. The van der Waals surface area contributed by atoms with Crippen LogP contribution in [0.3, 0.4) is 0 Å². The predicted molar refractivity (Wildman–Crippen MR) is 72.0 cm³/mol. The minimum absolute atomic E-state index is 0.714. The summed E-state index contributed by atoms with van der Waals surface area (Å²) in [6, 6.07) is 4.99. The van der Waals surface area contributed by atoms with Crippen LogP contribution in [-0.4, -0.2) is 13.2 Å². The normalized spacial score (nSPS) is 15.2. The minimum Gasteiger partial charge on any atom is -0.493 e. The van der Waals surface area contributed by atoms with Crippen molar-refractivity contribution in [1.29, 1.82) is 0 Å². The quantitative estimate of drug-likeness (QED) is 0.878. The van der Waals surface area contributed by atoms with E-state index in [2.05, 4.69) is 24.4 Å². The first-order valence-corrected chi connectivity index (χ1v) is 6.62. The standard InChI is InChI=1S/C15H19NO2/c1-3-10-6-13-11(8-16-12-4-5-12)9-18-15(13)14(7-10)17-2/h6-7,9,12,16H,3-5,8H2,1-2H3. The molecule has 1 aliphatic carbocycles. The number of aryl methyl sites for hydroxylation is 1. The van der Waals surface area contributed by atoms with Gasteiger partial charge in [-0.1, -0.05) is 6.92 Å². The van der Waals surface area contributed by atoms with E-state index in [1.165, 1.54) is 29.4 Å². The molecule has 3 rings (SSSR count). The molecule has 0 saturated heterocycles. The number of hydrogen-bond acceptors (Lipinski definition) is 3. The first kappa shape index (κ1) is 11.6. The van der Waals surface area contributed by atoms with E-state index in [1.807, 2.05) is 6.26 Å². The van der Waals surface area contributed by atoms with Gasteiger partial charge in [-0.15, -0.1) is 0 Å². The van der Waals surface area contributed by atoms with Gasteiger partial charge >= 0.3 is 0 Å². The van der Waals surface area contributed by atoms with Gasteiger partial charge in [-0.05, 0) is 37.0 Å². The lowest BCUT2D eigenvalue weighted by Gasteiger charge is -2.05. The van der Waals surface area contributed by atoms with E-state index in [0.717, 1.165) is 24.3 Å². The second-order valence-electron chi connectivity index (χ2n) is 4.94. The molecular formula is C15H19NO2. The fourth-order valence-corrected chi connectivity index (χ4v) is 2.25. The van der Waals surface area contributed by atoms with Crippen LogP contribution in [0.2, 0.25) is 0 Å². The summed E-state index contributed by atoms with van der Waals surface area (Å²) in [6.45, 7) is 3.04. The Morgan fingerprint density at radius 2 is 2.22 bits per heavy atom. The molecular weight excluding hydrogens is 226 g/mol. The molecule has 2 aromatic rings. The van der Waals surface area contributed by atoms with E-state index in [4.69, 9.17) is 9.15 Å². The highest BCUT2D eigenvalue weighted by molar-refractivity contribution is 5.87. The Labute approximate surface area is 107 Å². The van der Waals surface area contributed by atoms with Crippen molar-refractivity contribution in [3.63, 3.8) is 0 Å². The summed E-state index contributed by atoms with van der Waals surface area (Å²) in [5, 5.41) is 4.71. The molecule has 1 N–H and O–H groups in total. The summed E-state index contributed by atoms with van der Waals surface area (Å²) in [5.74, 6) is 0.835.